The molecule has 0 heterocycles. The molecular formula is C20H29Cl2HfSi. The minimum atomic E-state index is -2.83. The Balaban J connectivity index is 2.36. The Morgan fingerprint density at radius 3 is 2.46 bits per heavy atom. The molecule has 3 aliphatic rings. The molecule has 0 N–H and O–H groups in total. The fraction of sp³-hybridized carbons (Fsp3) is 0.650. The molecule has 0 radical (unpaired) electrons. The zero-order valence-corrected chi connectivity index (χ0v) is 21.7. The van der Waals surface area contributed by atoms with Gasteiger partial charge in [0, 0.05) is 0 Å². The van der Waals surface area contributed by atoms with Crippen LogP contribution < -0.4 is 0 Å². The second kappa shape index (κ2) is 7.06. The Morgan fingerprint density at radius 1 is 1.21 bits per heavy atom. The molecule has 2 atom stereocenters. The van der Waals surface area contributed by atoms with Crippen LogP contribution >= 0.6 is 17.2 Å². The summed E-state index contributed by atoms with van der Waals surface area (Å²) in [6.45, 7) is 12.3. The van der Waals surface area contributed by atoms with Crippen LogP contribution in [-0.4, -0.2) is 13.6 Å². The fourth-order valence-electron chi connectivity index (χ4n) is 5.70. The summed E-state index contributed by atoms with van der Waals surface area (Å²) < 4.78 is -0.00448. The van der Waals surface area contributed by atoms with Crippen LogP contribution in [0.3, 0.4) is 0 Å². The van der Waals surface area contributed by atoms with Crippen LogP contribution in [0.15, 0.2) is 34.9 Å². The summed E-state index contributed by atoms with van der Waals surface area (Å²) in [4.78, 5) is 0. The van der Waals surface area contributed by atoms with E-state index in [0.29, 0.717) is 5.92 Å². The van der Waals surface area contributed by atoms with Gasteiger partial charge in [-0.3, -0.25) is 0 Å². The van der Waals surface area contributed by atoms with Crippen molar-refractivity contribution < 1.29 is 19.1 Å². The van der Waals surface area contributed by atoms with Gasteiger partial charge in [0.2, 0.25) is 0 Å². The number of allylic oxidation sites excluding steroid dienone is 6. The van der Waals surface area contributed by atoms with Gasteiger partial charge in [-0.15, -0.1) is 0 Å². The maximum atomic E-state index is 7.07. The summed E-state index contributed by atoms with van der Waals surface area (Å²) in [6.07, 6.45) is 13.1. The first-order chi connectivity index (χ1) is 11.3. The van der Waals surface area contributed by atoms with Crippen LogP contribution in [0.1, 0.15) is 52.9 Å². The van der Waals surface area contributed by atoms with Crippen molar-refractivity contribution in [2.75, 3.05) is 0 Å². The summed E-state index contributed by atoms with van der Waals surface area (Å²) in [5, 5.41) is 1.76. The van der Waals surface area contributed by atoms with Gasteiger partial charge < -0.3 is 0 Å². The summed E-state index contributed by atoms with van der Waals surface area (Å²) >= 11 is -2.83. The van der Waals surface area contributed by atoms with E-state index in [4.69, 9.17) is 17.2 Å². The Hall–Kier alpha value is 0.757. The van der Waals surface area contributed by atoms with Crippen LogP contribution in [0.4, 0.5) is 0 Å². The summed E-state index contributed by atoms with van der Waals surface area (Å²) in [5.41, 5.74) is 5.03. The van der Waals surface area contributed by atoms with Gasteiger partial charge in [0.15, 0.2) is 0 Å². The molecule has 0 bridgehead atoms. The first-order valence-electron chi connectivity index (χ1n) is 9.22. The van der Waals surface area contributed by atoms with E-state index >= 15 is 0 Å². The zero-order chi connectivity index (χ0) is 17.7. The van der Waals surface area contributed by atoms with Gasteiger partial charge in [0.1, 0.15) is 0 Å². The fourth-order valence-corrected chi connectivity index (χ4v) is 21.7. The molecule has 0 aromatic rings. The molecule has 2 unspecified atom stereocenters. The van der Waals surface area contributed by atoms with Crippen molar-refractivity contribution in [3.05, 3.63) is 34.9 Å². The third kappa shape index (κ3) is 2.65. The van der Waals surface area contributed by atoms with Crippen LogP contribution in [0.5, 0.6) is 0 Å². The first-order valence-corrected chi connectivity index (χ1v) is 22.4. The molecule has 0 aromatic carbocycles. The number of halogens is 2. The van der Waals surface area contributed by atoms with Gasteiger partial charge in [-0.1, -0.05) is 0 Å². The van der Waals surface area contributed by atoms with E-state index in [1.807, 2.05) is 0 Å². The molecule has 24 heavy (non-hydrogen) atoms. The van der Waals surface area contributed by atoms with Gasteiger partial charge >= 0.3 is 165 Å². The van der Waals surface area contributed by atoms with Crippen LogP contribution in [0.2, 0.25) is 16.3 Å². The van der Waals surface area contributed by atoms with Crippen molar-refractivity contribution >= 4 is 30.7 Å². The van der Waals surface area contributed by atoms with Gasteiger partial charge in [0.25, 0.3) is 0 Å². The van der Waals surface area contributed by atoms with Gasteiger partial charge in [-0.25, -0.2) is 0 Å². The molecule has 0 fully saturated rings. The molecule has 0 spiro atoms. The van der Waals surface area contributed by atoms with Crippen molar-refractivity contribution in [2.45, 2.75) is 69.1 Å². The molecule has 0 amide bonds. The SMILES string of the molecule is CC1CCCCC2=C1C(=[Si](C)C)C(C)(C)[C]2(C1=CC=CC1)[Hf]([Cl])[Cl]. The molecule has 0 saturated heterocycles. The second-order valence-electron chi connectivity index (χ2n) is 8.37. The van der Waals surface area contributed by atoms with E-state index < -0.39 is 27.5 Å². The van der Waals surface area contributed by atoms with E-state index in [2.05, 4.69) is 52.1 Å². The maximum absolute atomic E-state index is 7.07. The standard InChI is InChI=1S/C20H29Si.2ClH.Hf/c1-14-10-6-9-13-16-17(14)19(21(4)5)20(2,3)18(16)15-11-7-8-12-15;;;/h7-8,11,14H,6,9-10,12-13H2,1-5H3;2*1H;/q;;;+2/p-2. The second-order valence-corrected chi connectivity index (χ2v) is 23.2. The monoisotopic (exact) mass is 547 g/mol. The Morgan fingerprint density at radius 2 is 1.92 bits per heavy atom. The van der Waals surface area contributed by atoms with E-state index in [0.717, 1.165) is 6.42 Å². The molecule has 0 aromatic heterocycles. The van der Waals surface area contributed by atoms with Crippen molar-refractivity contribution in [1.82, 2.24) is 0 Å². The summed E-state index contributed by atoms with van der Waals surface area (Å²) in [5.74, 6) is 0.674. The normalized spacial score (nSPS) is 31.9. The predicted molar refractivity (Wildman–Crippen MR) is 107 cm³/mol. The van der Waals surface area contributed by atoms with E-state index in [1.54, 1.807) is 16.3 Å². The number of rotatable bonds is 2. The van der Waals surface area contributed by atoms with Crippen molar-refractivity contribution in [3.8, 4) is 0 Å². The zero-order valence-electron chi connectivity index (χ0n) is 15.6. The number of hydrogen-bond donors (Lipinski definition) is 0. The van der Waals surface area contributed by atoms with Crippen LogP contribution in [0.25, 0.3) is 0 Å². The van der Waals surface area contributed by atoms with Crippen molar-refractivity contribution in [2.24, 2.45) is 11.3 Å². The molecule has 4 heteroatoms. The average molecular weight is 547 g/mol. The Bertz CT molecular complexity index is 665. The molecule has 131 valence electrons. The topological polar surface area (TPSA) is 0 Å². The molecule has 3 aliphatic carbocycles. The molecule has 3 rings (SSSR count). The molecular weight excluding hydrogens is 518 g/mol. The Labute approximate surface area is 164 Å². The van der Waals surface area contributed by atoms with Crippen molar-refractivity contribution in [1.29, 1.82) is 0 Å². The van der Waals surface area contributed by atoms with Gasteiger partial charge in [-0.05, 0) is 0 Å². The molecule has 0 saturated carbocycles. The third-order valence-electron chi connectivity index (χ3n) is 6.45. The van der Waals surface area contributed by atoms with E-state index in [-0.39, 0.29) is 8.59 Å². The number of hydrogen-bond acceptors (Lipinski definition) is 0. The van der Waals surface area contributed by atoms with Crippen LogP contribution in [-0.2, 0) is 19.1 Å². The molecule has 0 nitrogen and oxygen atoms in total. The Kier molecular flexibility index (Phi) is 5.74. The van der Waals surface area contributed by atoms with Gasteiger partial charge in [-0.2, -0.15) is 0 Å². The summed E-state index contributed by atoms with van der Waals surface area (Å²) in [7, 11) is 13.6. The van der Waals surface area contributed by atoms with Crippen LogP contribution in [0, 0.1) is 11.3 Å². The summed E-state index contributed by atoms with van der Waals surface area (Å²) in [6, 6.07) is 0. The first kappa shape index (κ1) is 19.5. The minimum absolute atomic E-state index is 0.00448. The quantitative estimate of drug-likeness (QED) is 0.327. The van der Waals surface area contributed by atoms with Crippen molar-refractivity contribution in [3.63, 3.8) is 0 Å². The predicted octanol–water partition coefficient (Wildman–Crippen LogP) is 7.01. The van der Waals surface area contributed by atoms with E-state index in [9.17, 15) is 0 Å². The van der Waals surface area contributed by atoms with E-state index in [1.165, 1.54) is 31.3 Å². The average Bonchev–Trinajstić information content (AvgIpc) is 3.01. The molecule has 0 aliphatic heterocycles. The van der Waals surface area contributed by atoms with Gasteiger partial charge in [0.05, 0.1) is 0 Å². The third-order valence-corrected chi connectivity index (χ3v) is 19.5.